The second kappa shape index (κ2) is 6.82. The van der Waals surface area contributed by atoms with E-state index in [1.807, 2.05) is 18.2 Å². The van der Waals surface area contributed by atoms with Gasteiger partial charge < -0.3 is 10.6 Å². The van der Waals surface area contributed by atoms with Gasteiger partial charge in [-0.05, 0) is 42.5 Å². The zero-order valence-electron chi connectivity index (χ0n) is 13.7. The molecule has 1 aliphatic carbocycles. The molecule has 0 atom stereocenters. The summed E-state index contributed by atoms with van der Waals surface area (Å²) in [5, 5.41) is 6.29. The van der Waals surface area contributed by atoms with Crippen molar-refractivity contribution in [1.82, 2.24) is 4.98 Å². The Morgan fingerprint density at radius 1 is 1.17 bits per heavy atom. The molecule has 0 saturated heterocycles. The average Bonchev–Trinajstić information content (AvgIpc) is 2.48. The lowest BCUT2D eigenvalue weighted by Gasteiger charge is -2.23. The van der Waals surface area contributed by atoms with Crippen LogP contribution in [0.25, 0.3) is 0 Å². The summed E-state index contributed by atoms with van der Waals surface area (Å²) in [6, 6.07) is 12.1. The van der Waals surface area contributed by atoms with Crippen molar-refractivity contribution in [2.24, 2.45) is 5.92 Å². The highest BCUT2D eigenvalue weighted by atomic mass is 16.2. The van der Waals surface area contributed by atoms with Crippen LogP contribution in [0.4, 0.5) is 17.2 Å². The Morgan fingerprint density at radius 2 is 1.96 bits per heavy atom. The fourth-order valence-corrected chi connectivity index (χ4v) is 2.71. The van der Waals surface area contributed by atoms with Crippen LogP contribution in [0.15, 0.2) is 42.6 Å². The van der Waals surface area contributed by atoms with Crippen LogP contribution in [-0.4, -0.2) is 10.9 Å². The van der Waals surface area contributed by atoms with E-state index in [1.165, 1.54) is 5.56 Å². The van der Waals surface area contributed by atoms with Gasteiger partial charge in [0.05, 0.1) is 11.9 Å². The molecule has 0 spiro atoms. The van der Waals surface area contributed by atoms with Crippen LogP contribution in [0.2, 0.25) is 0 Å². The molecule has 1 aliphatic rings. The molecule has 0 unspecified atom stereocenters. The quantitative estimate of drug-likeness (QED) is 0.842. The van der Waals surface area contributed by atoms with Crippen molar-refractivity contribution in [1.29, 1.82) is 0 Å². The molecule has 1 amide bonds. The topological polar surface area (TPSA) is 54.0 Å². The fourth-order valence-electron chi connectivity index (χ4n) is 2.71. The Kier molecular flexibility index (Phi) is 4.60. The van der Waals surface area contributed by atoms with Gasteiger partial charge in [-0.15, -0.1) is 0 Å². The van der Waals surface area contributed by atoms with Gasteiger partial charge in [0.15, 0.2) is 0 Å². The molecule has 4 heteroatoms. The molecule has 2 N–H and O–H groups in total. The molecule has 0 aliphatic heterocycles. The summed E-state index contributed by atoms with van der Waals surface area (Å²) in [6.07, 6.45) is 4.91. The summed E-state index contributed by atoms with van der Waals surface area (Å²) in [5.41, 5.74) is 3.28. The highest BCUT2D eigenvalue weighted by Gasteiger charge is 2.25. The molecule has 0 bridgehead atoms. The Hall–Kier alpha value is -2.36. The number of amides is 1. The number of hydrogen-bond donors (Lipinski definition) is 2. The number of nitrogens with zero attached hydrogens (tertiary/aromatic N) is 1. The number of hydrogen-bond acceptors (Lipinski definition) is 3. The first kappa shape index (κ1) is 15.5. The van der Waals surface area contributed by atoms with Crippen molar-refractivity contribution < 1.29 is 4.79 Å². The van der Waals surface area contributed by atoms with Crippen LogP contribution < -0.4 is 10.6 Å². The smallest absolute Gasteiger partial charge is 0.228 e. The second-order valence-corrected chi connectivity index (χ2v) is 6.42. The van der Waals surface area contributed by atoms with Crippen molar-refractivity contribution in [2.45, 2.75) is 39.0 Å². The molecular weight excluding hydrogens is 286 g/mol. The van der Waals surface area contributed by atoms with Crippen molar-refractivity contribution in [3.63, 3.8) is 0 Å². The van der Waals surface area contributed by atoms with Gasteiger partial charge in [-0.2, -0.15) is 0 Å². The van der Waals surface area contributed by atoms with E-state index in [2.05, 4.69) is 47.7 Å². The lowest BCUT2D eigenvalue weighted by molar-refractivity contribution is -0.122. The minimum atomic E-state index is 0.0922. The first-order valence-corrected chi connectivity index (χ1v) is 8.26. The van der Waals surface area contributed by atoms with Gasteiger partial charge in [-0.25, -0.2) is 4.98 Å². The van der Waals surface area contributed by atoms with Gasteiger partial charge in [0.1, 0.15) is 5.82 Å². The zero-order valence-corrected chi connectivity index (χ0v) is 13.7. The van der Waals surface area contributed by atoms with E-state index >= 15 is 0 Å². The second-order valence-electron chi connectivity index (χ2n) is 6.42. The van der Waals surface area contributed by atoms with E-state index in [0.29, 0.717) is 11.7 Å². The van der Waals surface area contributed by atoms with Gasteiger partial charge >= 0.3 is 0 Å². The molecule has 120 valence electrons. The number of para-hydroxylation sites is 1. The molecule has 1 saturated carbocycles. The largest absolute Gasteiger partial charge is 0.354 e. The van der Waals surface area contributed by atoms with Crippen LogP contribution in [0.3, 0.4) is 0 Å². The molecule has 1 fully saturated rings. The Balaban J connectivity index is 1.67. The summed E-state index contributed by atoms with van der Waals surface area (Å²) in [6.45, 7) is 4.36. The fraction of sp³-hybridized carbons (Fsp3) is 0.368. The van der Waals surface area contributed by atoms with Gasteiger partial charge in [0.25, 0.3) is 0 Å². The lowest BCUT2D eigenvalue weighted by atomic mass is 9.85. The molecular formula is C19H23N3O. The minimum absolute atomic E-state index is 0.0922. The number of pyridine rings is 1. The average molecular weight is 309 g/mol. The van der Waals surface area contributed by atoms with Crippen LogP contribution in [0.5, 0.6) is 0 Å². The maximum Gasteiger partial charge on any atom is 0.228 e. The summed E-state index contributed by atoms with van der Waals surface area (Å²) in [7, 11) is 0. The summed E-state index contributed by atoms with van der Waals surface area (Å²) in [5.74, 6) is 1.33. The van der Waals surface area contributed by atoms with E-state index in [0.717, 1.165) is 30.6 Å². The third-order valence-corrected chi connectivity index (χ3v) is 4.35. The first-order chi connectivity index (χ1) is 11.1. The number of aromatic nitrogens is 1. The number of rotatable bonds is 5. The number of nitrogens with one attached hydrogen (secondary N) is 2. The zero-order chi connectivity index (χ0) is 16.2. The minimum Gasteiger partial charge on any atom is -0.354 e. The predicted molar refractivity (Wildman–Crippen MR) is 94.0 cm³/mol. The van der Waals surface area contributed by atoms with E-state index < -0.39 is 0 Å². The summed E-state index contributed by atoms with van der Waals surface area (Å²) < 4.78 is 0. The van der Waals surface area contributed by atoms with E-state index in [9.17, 15) is 4.79 Å². The van der Waals surface area contributed by atoms with E-state index in [-0.39, 0.29) is 11.8 Å². The molecule has 1 aromatic heterocycles. The summed E-state index contributed by atoms with van der Waals surface area (Å²) in [4.78, 5) is 16.3. The summed E-state index contributed by atoms with van der Waals surface area (Å²) >= 11 is 0. The monoisotopic (exact) mass is 309 g/mol. The van der Waals surface area contributed by atoms with Crippen molar-refractivity contribution in [2.75, 3.05) is 10.6 Å². The Labute approximate surface area is 137 Å². The molecule has 1 aromatic carbocycles. The van der Waals surface area contributed by atoms with Gasteiger partial charge in [0.2, 0.25) is 5.91 Å². The maximum absolute atomic E-state index is 11.9. The SMILES string of the molecule is CC(C)c1ccccc1Nc1ccc(NC(=O)C2CCC2)nc1. The van der Waals surface area contributed by atoms with Crippen molar-refractivity contribution >= 4 is 23.1 Å². The maximum atomic E-state index is 11.9. The van der Waals surface area contributed by atoms with Crippen LogP contribution in [0, 0.1) is 5.92 Å². The van der Waals surface area contributed by atoms with Crippen molar-refractivity contribution in [3.05, 3.63) is 48.2 Å². The van der Waals surface area contributed by atoms with Crippen molar-refractivity contribution in [3.8, 4) is 0 Å². The first-order valence-electron chi connectivity index (χ1n) is 8.26. The van der Waals surface area contributed by atoms with Crippen LogP contribution in [0.1, 0.15) is 44.6 Å². The predicted octanol–water partition coefficient (Wildman–Crippen LogP) is 4.69. The third kappa shape index (κ3) is 3.70. The molecule has 23 heavy (non-hydrogen) atoms. The van der Waals surface area contributed by atoms with E-state index in [1.54, 1.807) is 6.20 Å². The van der Waals surface area contributed by atoms with Gasteiger partial charge in [-0.3, -0.25) is 4.79 Å². The number of anilines is 3. The highest BCUT2D eigenvalue weighted by Crippen LogP contribution is 2.28. The van der Waals surface area contributed by atoms with Crippen LogP contribution >= 0.6 is 0 Å². The molecule has 1 heterocycles. The van der Waals surface area contributed by atoms with E-state index in [4.69, 9.17) is 0 Å². The lowest BCUT2D eigenvalue weighted by Crippen LogP contribution is -2.28. The molecule has 3 rings (SSSR count). The normalized spacial score (nSPS) is 14.4. The molecule has 4 nitrogen and oxygen atoms in total. The van der Waals surface area contributed by atoms with Gasteiger partial charge in [0, 0.05) is 11.6 Å². The number of carbonyl (C=O) groups excluding carboxylic acids is 1. The number of carbonyl (C=O) groups is 1. The standard InChI is InChI=1S/C19H23N3O/c1-13(2)16-8-3-4-9-17(16)21-15-10-11-18(20-12-15)22-19(23)14-6-5-7-14/h3-4,8-14,21H,5-7H2,1-2H3,(H,20,22,23). The van der Waals surface area contributed by atoms with Crippen LogP contribution in [-0.2, 0) is 4.79 Å². The highest BCUT2D eigenvalue weighted by molar-refractivity contribution is 5.92. The third-order valence-electron chi connectivity index (χ3n) is 4.35. The molecule has 2 aromatic rings. The Bertz CT molecular complexity index is 675. The molecule has 0 radical (unpaired) electrons. The Morgan fingerprint density at radius 3 is 2.57 bits per heavy atom. The number of benzene rings is 1. The van der Waals surface area contributed by atoms with Gasteiger partial charge in [-0.1, -0.05) is 38.5 Å².